The molecule has 0 radical (unpaired) electrons. The van der Waals surface area contributed by atoms with Crippen LogP contribution in [0.15, 0.2) is 48.5 Å². The van der Waals surface area contributed by atoms with Crippen molar-refractivity contribution in [3.8, 4) is 0 Å². The minimum atomic E-state index is -0.516. The van der Waals surface area contributed by atoms with Gasteiger partial charge in [0.2, 0.25) is 11.8 Å². The van der Waals surface area contributed by atoms with E-state index < -0.39 is 6.04 Å². The summed E-state index contributed by atoms with van der Waals surface area (Å²) in [6, 6.07) is 15.1. The van der Waals surface area contributed by atoms with E-state index in [0.29, 0.717) is 29.5 Å². The predicted molar refractivity (Wildman–Crippen MR) is 131 cm³/mol. The van der Waals surface area contributed by atoms with Crippen LogP contribution in [0.4, 0.5) is 0 Å². The number of hydrogen-bond acceptors (Lipinski definition) is 3. The average molecular weight is 461 g/mol. The normalized spacial score (nSPS) is 12.3. The van der Waals surface area contributed by atoms with E-state index in [4.69, 9.17) is 11.6 Å². The molecular formula is C25H33ClN2O2S. The average Bonchev–Trinajstić information content (AvgIpc) is 2.68. The van der Waals surface area contributed by atoms with Crippen molar-refractivity contribution in [2.45, 2.75) is 64.9 Å². The Hall–Kier alpha value is -1.98. The van der Waals surface area contributed by atoms with Crippen molar-refractivity contribution in [2.24, 2.45) is 0 Å². The standard InChI is InChI=1S/C25H33ClN2O2S/c1-6-22(24(30)27-25(3,4)5)28(15-20-12-8-7-10-18(20)2)23(29)17-31-16-19-11-9-13-21(26)14-19/h7-14,22H,6,15-17H2,1-5H3,(H,27,30)/t22-/m0/s1. The van der Waals surface area contributed by atoms with E-state index in [-0.39, 0.29) is 17.4 Å². The number of rotatable bonds is 9. The minimum absolute atomic E-state index is 0.0359. The molecule has 1 atom stereocenters. The lowest BCUT2D eigenvalue weighted by molar-refractivity contribution is -0.140. The molecule has 168 valence electrons. The van der Waals surface area contributed by atoms with Crippen LogP contribution in [-0.2, 0) is 21.9 Å². The number of carbonyl (C=O) groups excluding carboxylic acids is 2. The van der Waals surface area contributed by atoms with Gasteiger partial charge in [-0.2, -0.15) is 0 Å². The summed E-state index contributed by atoms with van der Waals surface area (Å²) in [5, 5.41) is 3.73. The summed E-state index contributed by atoms with van der Waals surface area (Å²) in [7, 11) is 0. The lowest BCUT2D eigenvalue weighted by atomic mass is 10.0. The molecule has 1 N–H and O–H groups in total. The van der Waals surface area contributed by atoms with Gasteiger partial charge < -0.3 is 10.2 Å². The van der Waals surface area contributed by atoms with Crippen molar-refractivity contribution in [1.29, 1.82) is 0 Å². The van der Waals surface area contributed by atoms with Gasteiger partial charge in [0.15, 0.2) is 0 Å². The first-order valence-corrected chi connectivity index (χ1v) is 12.1. The number of hydrogen-bond donors (Lipinski definition) is 1. The first kappa shape index (κ1) is 25.3. The fourth-order valence-electron chi connectivity index (χ4n) is 3.31. The Bertz CT molecular complexity index is 895. The third-order valence-electron chi connectivity index (χ3n) is 4.87. The first-order chi connectivity index (χ1) is 14.6. The highest BCUT2D eigenvalue weighted by molar-refractivity contribution is 7.99. The number of amides is 2. The van der Waals surface area contributed by atoms with E-state index in [1.54, 1.807) is 4.90 Å². The molecule has 6 heteroatoms. The molecule has 2 rings (SSSR count). The van der Waals surface area contributed by atoms with Crippen molar-refractivity contribution in [2.75, 3.05) is 5.75 Å². The smallest absolute Gasteiger partial charge is 0.243 e. The largest absolute Gasteiger partial charge is 0.350 e. The summed E-state index contributed by atoms with van der Waals surface area (Å²) in [6.07, 6.45) is 0.554. The molecule has 0 unspecified atom stereocenters. The number of thioether (sulfide) groups is 1. The maximum Gasteiger partial charge on any atom is 0.243 e. The van der Waals surface area contributed by atoms with Crippen LogP contribution in [0.2, 0.25) is 5.02 Å². The topological polar surface area (TPSA) is 49.4 Å². The lowest BCUT2D eigenvalue weighted by Crippen LogP contribution is -2.53. The Balaban J connectivity index is 2.17. The highest BCUT2D eigenvalue weighted by Gasteiger charge is 2.30. The van der Waals surface area contributed by atoms with E-state index in [1.165, 1.54) is 11.8 Å². The molecule has 0 aromatic heterocycles. The third kappa shape index (κ3) is 8.23. The molecule has 0 aliphatic rings. The van der Waals surface area contributed by atoms with Gasteiger partial charge in [-0.1, -0.05) is 54.9 Å². The van der Waals surface area contributed by atoms with Crippen LogP contribution in [0.5, 0.6) is 0 Å². The van der Waals surface area contributed by atoms with E-state index >= 15 is 0 Å². The zero-order valence-electron chi connectivity index (χ0n) is 19.1. The van der Waals surface area contributed by atoms with Gasteiger partial charge in [-0.05, 0) is 62.9 Å². The number of carbonyl (C=O) groups is 2. The fourth-order valence-corrected chi connectivity index (χ4v) is 4.38. The van der Waals surface area contributed by atoms with Crippen molar-refractivity contribution < 1.29 is 9.59 Å². The number of nitrogens with zero attached hydrogens (tertiary/aromatic N) is 1. The summed E-state index contributed by atoms with van der Waals surface area (Å²) in [6.45, 7) is 10.2. The van der Waals surface area contributed by atoms with Gasteiger partial charge in [-0.3, -0.25) is 9.59 Å². The summed E-state index contributed by atoms with van der Waals surface area (Å²) in [4.78, 5) is 28.0. The Morgan fingerprint density at radius 1 is 1.13 bits per heavy atom. The van der Waals surface area contributed by atoms with E-state index in [0.717, 1.165) is 16.7 Å². The first-order valence-electron chi connectivity index (χ1n) is 10.6. The molecule has 31 heavy (non-hydrogen) atoms. The van der Waals surface area contributed by atoms with Gasteiger partial charge in [0.25, 0.3) is 0 Å². The fraction of sp³-hybridized carbons (Fsp3) is 0.440. The molecule has 2 aromatic carbocycles. The Morgan fingerprint density at radius 2 is 1.84 bits per heavy atom. The van der Waals surface area contributed by atoms with Gasteiger partial charge in [0, 0.05) is 22.9 Å². The number of benzene rings is 2. The number of halogens is 1. The quantitative estimate of drug-likeness (QED) is 0.529. The summed E-state index contributed by atoms with van der Waals surface area (Å²) >= 11 is 7.60. The molecule has 0 saturated heterocycles. The summed E-state index contributed by atoms with van der Waals surface area (Å²) in [5.41, 5.74) is 2.88. The maximum absolute atomic E-state index is 13.3. The zero-order chi connectivity index (χ0) is 23.0. The monoisotopic (exact) mass is 460 g/mol. The second-order valence-corrected chi connectivity index (χ2v) is 10.2. The summed E-state index contributed by atoms with van der Waals surface area (Å²) in [5.74, 6) is 0.843. The maximum atomic E-state index is 13.3. The molecule has 4 nitrogen and oxygen atoms in total. The molecule has 0 saturated carbocycles. The van der Waals surface area contributed by atoms with Crippen LogP contribution in [0.1, 0.15) is 50.8 Å². The minimum Gasteiger partial charge on any atom is -0.350 e. The van der Waals surface area contributed by atoms with E-state index in [2.05, 4.69) is 5.32 Å². The van der Waals surface area contributed by atoms with Gasteiger partial charge in [0.05, 0.1) is 5.75 Å². The number of nitrogens with one attached hydrogen (secondary N) is 1. The zero-order valence-corrected chi connectivity index (χ0v) is 20.6. The second-order valence-electron chi connectivity index (χ2n) is 8.73. The second kappa shape index (κ2) is 11.6. The molecule has 0 heterocycles. The predicted octanol–water partition coefficient (Wildman–Crippen LogP) is 5.60. The van der Waals surface area contributed by atoms with Crippen LogP contribution in [0.3, 0.4) is 0 Å². The lowest BCUT2D eigenvalue weighted by Gasteiger charge is -2.33. The van der Waals surface area contributed by atoms with Crippen molar-refractivity contribution in [3.63, 3.8) is 0 Å². The van der Waals surface area contributed by atoms with Gasteiger partial charge >= 0.3 is 0 Å². The molecule has 2 aromatic rings. The van der Waals surface area contributed by atoms with Crippen molar-refractivity contribution in [1.82, 2.24) is 10.2 Å². The van der Waals surface area contributed by atoms with Crippen LogP contribution >= 0.6 is 23.4 Å². The van der Waals surface area contributed by atoms with Crippen LogP contribution in [-0.4, -0.2) is 34.0 Å². The van der Waals surface area contributed by atoms with E-state index in [1.807, 2.05) is 83.1 Å². The van der Waals surface area contributed by atoms with Crippen LogP contribution in [0, 0.1) is 6.92 Å². The van der Waals surface area contributed by atoms with Gasteiger partial charge in [0.1, 0.15) is 6.04 Å². The van der Waals surface area contributed by atoms with Crippen molar-refractivity contribution in [3.05, 3.63) is 70.2 Å². The van der Waals surface area contributed by atoms with Gasteiger partial charge in [-0.25, -0.2) is 0 Å². The molecule has 0 aliphatic heterocycles. The molecule has 0 aliphatic carbocycles. The molecule has 0 fully saturated rings. The molecular weight excluding hydrogens is 428 g/mol. The highest BCUT2D eigenvalue weighted by atomic mass is 35.5. The molecule has 0 spiro atoms. The van der Waals surface area contributed by atoms with E-state index in [9.17, 15) is 9.59 Å². The Labute approximate surface area is 195 Å². The van der Waals surface area contributed by atoms with Crippen LogP contribution in [0.25, 0.3) is 0 Å². The molecule has 0 bridgehead atoms. The Morgan fingerprint density at radius 3 is 2.45 bits per heavy atom. The summed E-state index contributed by atoms with van der Waals surface area (Å²) < 4.78 is 0. The van der Waals surface area contributed by atoms with Gasteiger partial charge in [-0.15, -0.1) is 11.8 Å². The van der Waals surface area contributed by atoms with Crippen LogP contribution < -0.4 is 5.32 Å². The number of aryl methyl sites for hydroxylation is 1. The third-order valence-corrected chi connectivity index (χ3v) is 6.09. The SMILES string of the molecule is CC[C@@H](C(=O)NC(C)(C)C)N(Cc1ccccc1C)C(=O)CSCc1cccc(Cl)c1. The molecule has 2 amide bonds. The Kier molecular flexibility index (Phi) is 9.45. The highest BCUT2D eigenvalue weighted by Crippen LogP contribution is 2.20. The van der Waals surface area contributed by atoms with Crippen molar-refractivity contribution >= 4 is 35.2 Å².